The SMILES string of the molecule is CCN1C(=O)NC2(CCN(CC(=O)Nc3nc4ccccc4s3)CC2)C1=O. The number of amides is 4. The molecule has 0 radical (unpaired) electrons. The number of anilines is 1. The number of hydrogen-bond donors (Lipinski definition) is 2. The number of likely N-dealkylation sites (N-methyl/N-ethyl adjacent to an activating group) is 1. The summed E-state index contributed by atoms with van der Waals surface area (Å²) < 4.78 is 1.03. The fourth-order valence-electron chi connectivity index (χ4n) is 3.68. The zero-order chi connectivity index (χ0) is 19.0. The van der Waals surface area contributed by atoms with E-state index in [0.717, 1.165) is 10.2 Å². The van der Waals surface area contributed by atoms with Gasteiger partial charge in [-0.15, -0.1) is 0 Å². The van der Waals surface area contributed by atoms with Crippen molar-refractivity contribution in [2.45, 2.75) is 25.3 Å². The van der Waals surface area contributed by atoms with E-state index in [1.807, 2.05) is 29.2 Å². The first kappa shape index (κ1) is 17.9. The maximum absolute atomic E-state index is 12.5. The Hall–Kier alpha value is -2.52. The minimum Gasteiger partial charge on any atom is -0.323 e. The van der Waals surface area contributed by atoms with E-state index in [4.69, 9.17) is 0 Å². The van der Waals surface area contributed by atoms with Gasteiger partial charge >= 0.3 is 6.03 Å². The fourth-order valence-corrected chi connectivity index (χ4v) is 4.56. The predicted molar refractivity (Wildman–Crippen MR) is 103 cm³/mol. The van der Waals surface area contributed by atoms with Gasteiger partial charge < -0.3 is 10.6 Å². The van der Waals surface area contributed by atoms with Crippen LogP contribution in [0.15, 0.2) is 24.3 Å². The summed E-state index contributed by atoms with van der Waals surface area (Å²) in [5.74, 6) is -0.268. The number of benzene rings is 1. The van der Waals surface area contributed by atoms with Crippen molar-refractivity contribution in [3.05, 3.63) is 24.3 Å². The minimum absolute atomic E-state index is 0.123. The lowest BCUT2D eigenvalue weighted by molar-refractivity contribution is -0.132. The lowest BCUT2D eigenvalue weighted by atomic mass is 9.87. The van der Waals surface area contributed by atoms with Crippen LogP contribution in [0.1, 0.15) is 19.8 Å². The second-order valence-electron chi connectivity index (χ2n) is 6.87. The van der Waals surface area contributed by atoms with Gasteiger partial charge in [-0.25, -0.2) is 9.78 Å². The number of nitrogens with one attached hydrogen (secondary N) is 2. The van der Waals surface area contributed by atoms with Crippen LogP contribution in [0.5, 0.6) is 0 Å². The molecule has 9 heteroatoms. The normalized spacial score (nSPS) is 19.7. The molecule has 3 heterocycles. The number of carbonyl (C=O) groups excluding carboxylic acids is 3. The van der Waals surface area contributed by atoms with E-state index >= 15 is 0 Å². The Kier molecular flexibility index (Phi) is 4.56. The summed E-state index contributed by atoms with van der Waals surface area (Å²) in [6.45, 7) is 3.57. The quantitative estimate of drug-likeness (QED) is 0.778. The van der Waals surface area contributed by atoms with Gasteiger partial charge in [-0.05, 0) is 31.9 Å². The van der Waals surface area contributed by atoms with Gasteiger partial charge in [0, 0.05) is 19.6 Å². The first-order chi connectivity index (χ1) is 13.0. The first-order valence-corrected chi connectivity index (χ1v) is 9.84. The van der Waals surface area contributed by atoms with E-state index in [-0.39, 0.29) is 24.4 Å². The molecular formula is C18H21N5O3S. The number of nitrogens with zero attached hydrogens (tertiary/aromatic N) is 3. The number of para-hydroxylation sites is 1. The molecular weight excluding hydrogens is 366 g/mol. The van der Waals surface area contributed by atoms with Gasteiger partial charge in [0.1, 0.15) is 5.54 Å². The van der Waals surface area contributed by atoms with E-state index < -0.39 is 5.54 Å². The molecule has 4 rings (SSSR count). The standard InChI is InChI=1S/C18H21N5O3S/c1-2-23-15(25)18(21-17(23)26)7-9-22(10-8-18)11-14(24)20-16-19-12-5-3-4-6-13(12)27-16/h3-6H,2,7-11H2,1H3,(H,21,26)(H,19,20,24). The first-order valence-electron chi connectivity index (χ1n) is 9.03. The van der Waals surface area contributed by atoms with Crippen LogP contribution in [0.3, 0.4) is 0 Å². The summed E-state index contributed by atoms with van der Waals surface area (Å²) in [6.07, 6.45) is 1.03. The number of thiazole rings is 1. The minimum atomic E-state index is -0.799. The number of carbonyl (C=O) groups is 3. The lowest BCUT2D eigenvalue weighted by Gasteiger charge is -2.36. The van der Waals surface area contributed by atoms with Crippen molar-refractivity contribution >= 4 is 44.5 Å². The van der Waals surface area contributed by atoms with E-state index in [0.29, 0.717) is 37.6 Å². The molecule has 2 N–H and O–H groups in total. The Morgan fingerprint density at radius 1 is 1.30 bits per heavy atom. The van der Waals surface area contributed by atoms with Crippen LogP contribution >= 0.6 is 11.3 Å². The van der Waals surface area contributed by atoms with Crippen molar-refractivity contribution in [2.75, 3.05) is 31.5 Å². The van der Waals surface area contributed by atoms with Crippen LogP contribution in [0, 0.1) is 0 Å². The number of urea groups is 1. The Morgan fingerprint density at radius 3 is 2.70 bits per heavy atom. The number of hydrogen-bond acceptors (Lipinski definition) is 6. The molecule has 2 aliphatic heterocycles. The summed E-state index contributed by atoms with van der Waals surface area (Å²) in [5.41, 5.74) is 0.0706. The average Bonchev–Trinajstić information content (AvgIpc) is 3.15. The fraction of sp³-hybridized carbons (Fsp3) is 0.444. The number of rotatable bonds is 4. The summed E-state index contributed by atoms with van der Waals surface area (Å²) in [7, 11) is 0. The van der Waals surface area contributed by atoms with Crippen molar-refractivity contribution in [3.8, 4) is 0 Å². The van der Waals surface area contributed by atoms with Crippen molar-refractivity contribution < 1.29 is 14.4 Å². The molecule has 2 saturated heterocycles. The third-order valence-corrected chi connectivity index (χ3v) is 6.13. The molecule has 0 atom stereocenters. The number of aromatic nitrogens is 1. The summed E-state index contributed by atoms with van der Waals surface area (Å²) in [5, 5.41) is 6.29. The highest BCUT2D eigenvalue weighted by Crippen LogP contribution is 2.29. The van der Waals surface area contributed by atoms with Crippen molar-refractivity contribution in [1.82, 2.24) is 20.1 Å². The number of imide groups is 1. The molecule has 27 heavy (non-hydrogen) atoms. The Bertz CT molecular complexity index is 870. The van der Waals surface area contributed by atoms with Crippen molar-refractivity contribution in [2.24, 2.45) is 0 Å². The van der Waals surface area contributed by atoms with Gasteiger partial charge in [0.05, 0.1) is 16.8 Å². The zero-order valence-electron chi connectivity index (χ0n) is 15.0. The van der Waals surface area contributed by atoms with Gasteiger partial charge in [-0.1, -0.05) is 23.5 Å². The predicted octanol–water partition coefficient (Wildman–Crippen LogP) is 1.64. The highest BCUT2D eigenvalue weighted by atomic mass is 32.1. The Balaban J connectivity index is 1.33. The van der Waals surface area contributed by atoms with E-state index in [2.05, 4.69) is 15.6 Å². The molecule has 142 valence electrons. The van der Waals surface area contributed by atoms with E-state index in [1.54, 1.807) is 6.92 Å². The van der Waals surface area contributed by atoms with Crippen LogP contribution in [-0.2, 0) is 9.59 Å². The molecule has 0 unspecified atom stereocenters. The molecule has 8 nitrogen and oxygen atoms in total. The molecule has 0 saturated carbocycles. The highest BCUT2D eigenvalue weighted by molar-refractivity contribution is 7.22. The van der Waals surface area contributed by atoms with Gasteiger partial charge in [0.15, 0.2) is 5.13 Å². The van der Waals surface area contributed by atoms with E-state index in [9.17, 15) is 14.4 Å². The summed E-state index contributed by atoms with van der Waals surface area (Å²) in [4.78, 5) is 44.5. The number of likely N-dealkylation sites (tertiary alicyclic amines) is 1. The van der Waals surface area contributed by atoms with Gasteiger partial charge in [-0.2, -0.15) is 0 Å². The smallest absolute Gasteiger partial charge is 0.323 e. The maximum atomic E-state index is 12.5. The summed E-state index contributed by atoms with van der Waals surface area (Å²) >= 11 is 1.45. The van der Waals surface area contributed by atoms with Crippen LogP contribution < -0.4 is 10.6 Å². The number of fused-ring (bicyclic) bond motifs is 1. The maximum Gasteiger partial charge on any atom is 0.325 e. The second-order valence-corrected chi connectivity index (χ2v) is 7.90. The average molecular weight is 387 g/mol. The van der Waals surface area contributed by atoms with E-state index in [1.165, 1.54) is 16.2 Å². The molecule has 1 spiro atoms. The summed E-state index contributed by atoms with van der Waals surface area (Å²) in [6, 6.07) is 7.43. The van der Waals surface area contributed by atoms with Gasteiger partial charge in [0.25, 0.3) is 5.91 Å². The highest BCUT2D eigenvalue weighted by Gasteiger charge is 2.51. The van der Waals surface area contributed by atoms with Crippen LogP contribution in [0.25, 0.3) is 10.2 Å². The Morgan fingerprint density at radius 2 is 2.04 bits per heavy atom. The van der Waals surface area contributed by atoms with Crippen LogP contribution in [-0.4, -0.2) is 64.3 Å². The molecule has 0 bridgehead atoms. The molecule has 1 aromatic carbocycles. The topological polar surface area (TPSA) is 94.6 Å². The number of piperidine rings is 1. The molecule has 0 aliphatic carbocycles. The lowest BCUT2D eigenvalue weighted by Crippen LogP contribution is -2.55. The van der Waals surface area contributed by atoms with Crippen molar-refractivity contribution in [1.29, 1.82) is 0 Å². The molecule has 2 aliphatic rings. The van der Waals surface area contributed by atoms with Crippen LogP contribution in [0.2, 0.25) is 0 Å². The molecule has 2 fully saturated rings. The van der Waals surface area contributed by atoms with Gasteiger partial charge in [0.2, 0.25) is 5.91 Å². The van der Waals surface area contributed by atoms with Crippen LogP contribution in [0.4, 0.5) is 9.93 Å². The van der Waals surface area contributed by atoms with Gasteiger partial charge in [-0.3, -0.25) is 19.4 Å². The second kappa shape index (κ2) is 6.90. The third-order valence-electron chi connectivity index (χ3n) is 5.18. The Labute approximate surface area is 160 Å². The molecule has 4 amide bonds. The zero-order valence-corrected chi connectivity index (χ0v) is 15.8. The molecule has 1 aromatic heterocycles. The molecule has 2 aromatic rings. The largest absolute Gasteiger partial charge is 0.325 e. The van der Waals surface area contributed by atoms with Crippen molar-refractivity contribution in [3.63, 3.8) is 0 Å². The third kappa shape index (κ3) is 3.28. The monoisotopic (exact) mass is 387 g/mol.